The number of amides is 1. The number of hydrogen-bond acceptors (Lipinski definition) is 7. The molecule has 9 nitrogen and oxygen atoms in total. The summed E-state index contributed by atoms with van der Waals surface area (Å²) in [5, 5.41) is 8.58. The van der Waals surface area contributed by atoms with E-state index >= 15 is 0 Å². The van der Waals surface area contributed by atoms with Gasteiger partial charge in [0, 0.05) is 50.9 Å². The summed E-state index contributed by atoms with van der Waals surface area (Å²) in [6, 6.07) is 4.63. The Labute approximate surface area is 174 Å². The van der Waals surface area contributed by atoms with Crippen molar-refractivity contribution < 1.29 is 9.21 Å². The second-order valence-electron chi connectivity index (χ2n) is 8.24. The summed E-state index contributed by atoms with van der Waals surface area (Å²) in [6.07, 6.45) is 7.81. The zero-order chi connectivity index (χ0) is 20.7. The van der Waals surface area contributed by atoms with Crippen molar-refractivity contribution in [3.63, 3.8) is 0 Å². The number of hydrogen-bond donors (Lipinski definition) is 2. The predicted molar refractivity (Wildman–Crippen MR) is 116 cm³/mol. The number of carbonyl (C=O) groups is 1. The Morgan fingerprint density at radius 3 is 2.80 bits per heavy atom. The average Bonchev–Trinajstić information content (AvgIpc) is 3.46. The van der Waals surface area contributed by atoms with Crippen LogP contribution in [0.25, 0.3) is 10.9 Å². The summed E-state index contributed by atoms with van der Waals surface area (Å²) in [4.78, 5) is 21.7. The minimum atomic E-state index is -0.282. The van der Waals surface area contributed by atoms with Gasteiger partial charge in [0.15, 0.2) is 5.69 Å². The number of nitrogens with two attached hydrogens (primary N) is 1. The van der Waals surface area contributed by atoms with Crippen LogP contribution in [-0.2, 0) is 7.05 Å². The van der Waals surface area contributed by atoms with E-state index in [-0.39, 0.29) is 17.6 Å². The SMILES string of the molecule is Cn1cc2cc(NC(=O)c3coc(N4CCC(N)C4)n3)c(N3CCCCC3)cc2n1. The molecule has 1 atom stereocenters. The fourth-order valence-electron chi connectivity index (χ4n) is 4.34. The lowest BCUT2D eigenvalue weighted by molar-refractivity contribution is 0.102. The molecule has 158 valence electrons. The standard InChI is InChI=1S/C21H27N7O2/c1-26-11-14-9-17(19(10-16(14)25-26)27-6-3-2-4-7-27)23-20(29)18-13-30-21(24-18)28-8-5-15(22)12-28/h9-11,13,15H,2-8,12,22H2,1H3,(H,23,29). The molecule has 2 aliphatic heterocycles. The molecule has 3 aromatic rings. The second-order valence-corrected chi connectivity index (χ2v) is 8.24. The molecule has 1 aromatic carbocycles. The molecule has 0 bridgehead atoms. The number of oxazole rings is 1. The van der Waals surface area contributed by atoms with Crippen LogP contribution in [0, 0.1) is 0 Å². The zero-order valence-corrected chi connectivity index (χ0v) is 17.2. The summed E-state index contributed by atoms with van der Waals surface area (Å²) in [7, 11) is 1.90. The quantitative estimate of drug-likeness (QED) is 0.681. The van der Waals surface area contributed by atoms with Crippen LogP contribution in [0.2, 0.25) is 0 Å². The van der Waals surface area contributed by atoms with Crippen molar-refractivity contribution in [3.8, 4) is 0 Å². The summed E-state index contributed by atoms with van der Waals surface area (Å²) in [6.45, 7) is 3.44. The number of carbonyl (C=O) groups excluding carboxylic acids is 1. The third-order valence-corrected chi connectivity index (χ3v) is 5.90. The third-order valence-electron chi connectivity index (χ3n) is 5.90. The van der Waals surface area contributed by atoms with Crippen molar-refractivity contribution in [2.24, 2.45) is 12.8 Å². The van der Waals surface area contributed by atoms with Gasteiger partial charge in [0.1, 0.15) is 6.26 Å². The van der Waals surface area contributed by atoms with E-state index < -0.39 is 0 Å². The maximum atomic E-state index is 13.0. The molecule has 0 spiro atoms. The van der Waals surface area contributed by atoms with Crippen molar-refractivity contribution in [1.82, 2.24) is 14.8 Å². The number of anilines is 3. The number of benzene rings is 1. The Balaban J connectivity index is 1.42. The lowest BCUT2D eigenvalue weighted by Gasteiger charge is -2.30. The minimum absolute atomic E-state index is 0.118. The number of aromatic nitrogens is 3. The van der Waals surface area contributed by atoms with Crippen molar-refractivity contribution in [2.45, 2.75) is 31.7 Å². The highest BCUT2D eigenvalue weighted by molar-refractivity contribution is 6.06. The highest BCUT2D eigenvalue weighted by Crippen LogP contribution is 2.33. The first-order valence-corrected chi connectivity index (χ1v) is 10.6. The van der Waals surface area contributed by atoms with Crippen molar-refractivity contribution in [2.75, 3.05) is 41.3 Å². The molecular weight excluding hydrogens is 382 g/mol. The van der Waals surface area contributed by atoms with Crippen molar-refractivity contribution in [3.05, 3.63) is 30.3 Å². The fraction of sp³-hybridized carbons (Fsp3) is 0.476. The van der Waals surface area contributed by atoms with Gasteiger partial charge in [-0.05, 0) is 37.8 Å². The van der Waals surface area contributed by atoms with Gasteiger partial charge in [-0.25, -0.2) is 0 Å². The predicted octanol–water partition coefficient (Wildman–Crippen LogP) is 2.34. The van der Waals surface area contributed by atoms with Crippen molar-refractivity contribution >= 4 is 34.2 Å². The van der Waals surface area contributed by atoms with Gasteiger partial charge in [-0.1, -0.05) is 0 Å². The Morgan fingerprint density at radius 1 is 1.20 bits per heavy atom. The largest absolute Gasteiger partial charge is 0.431 e. The molecule has 4 heterocycles. The van der Waals surface area contributed by atoms with Gasteiger partial charge in [-0.15, -0.1) is 0 Å². The number of aryl methyl sites for hydroxylation is 1. The Bertz CT molecular complexity index is 1070. The van der Waals surface area contributed by atoms with E-state index in [9.17, 15) is 4.79 Å². The van der Waals surface area contributed by atoms with Gasteiger partial charge in [0.05, 0.1) is 16.9 Å². The van der Waals surface area contributed by atoms with Crippen LogP contribution in [0.15, 0.2) is 29.0 Å². The van der Waals surface area contributed by atoms with Gasteiger partial charge in [-0.2, -0.15) is 10.1 Å². The highest BCUT2D eigenvalue weighted by atomic mass is 16.4. The van der Waals surface area contributed by atoms with Gasteiger partial charge in [0.2, 0.25) is 0 Å². The van der Waals surface area contributed by atoms with E-state index in [0.717, 1.165) is 61.2 Å². The Morgan fingerprint density at radius 2 is 2.03 bits per heavy atom. The van der Waals surface area contributed by atoms with E-state index in [1.165, 1.54) is 12.7 Å². The lowest BCUT2D eigenvalue weighted by atomic mass is 10.1. The first-order chi connectivity index (χ1) is 14.6. The van der Waals surface area contributed by atoms with Crippen LogP contribution in [0.3, 0.4) is 0 Å². The molecular formula is C21H27N7O2. The minimum Gasteiger partial charge on any atom is -0.431 e. The highest BCUT2D eigenvalue weighted by Gasteiger charge is 2.25. The second kappa shape index (κ2) is 7.64. The maximum absolute atomic E-state index is 13.0. The Kier molecular flexibility index (Phi) is 4.82. The topological polar surface area (TPSA) is 105 Å². The lowest BCUT2D eigenvalue weighted by Crippen LogP contribution is -2.30. The first-order valence-electron chi connectivity index (χ1n) is 10.6. The molecule has 3 N–H and O–H groups in total. The van der Waals surface area contributed by atoms with Crippen LogP contribution in [0.4, 0.5) is 17.4 Å². The third kappa shape index (κ3) is 3.60. The molecule has 30 heavy (non-hydrogen) atoms. The summed E-state index contributed by atoms with van der Waals surface area (Å²) < 4.78 is 7.34. The summed E-state index contributed by atoms with van der Waals surface area (Å²) in [5.74, 6) is -0.282. The van der Waals surface area contributed by atoms with Crippen LogP contribution < -0.4 is 20.9 Å². The van der Waals surface area contributed by atoms with Gasteiger partial charge < -0.3 is 25.3 Å². The van der Waals surface area contributed by atoms with Crippen molar-refractivity contribution in [1.29, 1.82) is 0 Å². The first kappa shape index (κ1) is 18.9. The molecule has 1 unspecified atom stereocenters. The van der Waals surface area contributed by atoms with Crippen LogP contribution >= 0.6 is 0 Å². The van der Waals surface area contributed by atoms with Crippen LogP contribution in [-0.4, -0.2) is 52.9 Å². The molecule has 0 radical (unpaired) electrons. The molecule has 9 heteroatoms. The molecule has 2 saturated heterocycles. The molecule has 0 saturated carbocycles. The molecule has 0 aliphatic carbocycles. The molecule has 1 amide bonds. The summed E-state index contributed by atoms with van der Waals surface area (Å²) in [5.41, 5.74) is 8.93. The van der Waals surface area contributed by atoms with E-state index in [1.807, 2.05) is 24.2 Å². The number of fused-ring (bicyclic) bond motifs is 1. The molecule has 5 rings (SSSR count). The van der Waals surface area contributed by atoms with Gasteiger partial charge in [-0.3, -0.25) is 9.48 Å². The number of rotatable bonds is 4. The van der Waals surface area contributed by atoms with E-state index in [0.29, 0.717) is 12.6 Å². The normalized spacial score (nSPS) is 19.6. The molecule has 2 aliphatic rings. The average molecular weight is 409 g/mol. The molecule has 2 aromatic heterocycles. The fourth-order valence-corrected chi connectivity index (χ4v) is 4.34. The number of piperidine rings is 1. The maximum Gasteiger partial charge on any atom is 0.298 e. The van der Waals surface area contributed by atoms with Crippen LogP contribution in [0.1, 0.15) is 36.2 Å². The van der Waals surface area contributed by atoms with E-state index in [4.69, 9.17) is 10.2 Å². The smallest absolute Gasteiger partial charge is 0.298 e. The van der Waals surface area contributed by atoms with Gasteiger partial charge in [0.25, 0.3) is 11.9 Å². The monoisotopic (exact) mass is 409 g/mol. The zero-order valence-electron chi connectivity index (χ0n) is 17.2. The van der Waals surface area contributed by atoms with E-state index in [1.54, 1.807) is 4.68 Å². The summed E-state index contributed by atoms with van der Waals surface area (Å²) >= 11 is 0. The van der Waals surface area contributed by atoms with Gasteiger partial charge >= 0.3 is 0 Å². The van der Waals surface area contributed by atoms with Crippen LogP contribution in [0.5, 0.6) is 0 Å². The number of nitrogens with zero attached hydrogens (tertiary/aromatic N) is 5. The number of nitrogens with one attached hydrogen (secondary N) is 1. The Hall–Kier alpha value is -3.07. The van der Waals surface area contributed by atoms with E-state index in [2.05, 4.69) is 26.4 Å². The molecule has 2 fully saturated rings.